The van der Waals surface area contributed by atoms with E-state index in [0.29, 0.717) is 12.2 Å². The summed E-state index contributed by atoms with van der Waals surface area (Å²) < 4.78 is 4.81. The van der Waals surface area contributed by atoms with E-state index in [4.69, 9.17) is 4.52 Å². The number of urea groups is 1. The molecule has 1 aromatic heterocycles. The van der Waals surface area contributed by atoms with Gasteiger partial charge in [-0.25, -0.2) is 4.79 Å². The van der Waals surface area contributed by atoms with Gasteiger partial charge in [-0.1, -0.05) is 5.16 Å². The highest BCUT2D eigenvalue weighted by Gasteiger charge is 2.25. The summed E-state index contributed by atoms with van der Waals surface area (Å²) in [6.45, 7) is 4.40. The van der Waals surface area contributed by atoms with E-state index in [1.165, 1.54) is 6.07 Å². The molecule has 0 bridgehead atoms. The highest BCUT2D eigenvalue weighted by Crippen LogP contribution is 2.16. The lowest BCUT2D eigenvalue weighted by Crippen LogP contribution is -2.49. The number of carbonyl (C=O) groups is 2. The van der Waals surface area contributed by atoms with Crippen molar-refractivity contribution in [2.45, 2.75) is 39.2 Å². The Kier molecular flexibility index (Phi) is 3.64. The number of nitrogens with zero attached hydrogens (tertiary/aromatic N) is 2. The molecule has 1 unspecified atom stereocenters. The lowest BCUT2D eigenvalue weighted by atomic mass is 10.0. The van der Waals surface area contributed by atoms with Crippen molar-refractivity contribution < 1.29 is 14.1 Å². The minimum atomic E-state index is -0.543. The van der Waals surface area contributed by atoms with E-state index in [-0.39, 0.29) is 17.8 Å². The second-order valence-corrected chi connectivity index (χ2v) is 4.63. The Balaban J connectivity index is 1.96. The standard InChI is InChI=1S/C12H17N3O3/c1-8-7-10(18-14-8)11(16)13-12(17)15-6-4-3-5-9(15)2/h7,9H,3-6H2,1-2H3,(H,13,16,17). The van der Waals surface area contributed by atoms with Crippen LogP contribution >= 0.6 is 0 Å². The zero-order chi connectivity index (χ0) is 13.1. The van der Waals surface area contributed by atoms with Gasteiger partial charge in [0.15, 0.2) is 0 Å². The molecule has 2 rings (SSSR count). The predicted octanol–water partition coefficient (Wildman–Crippen LogP) is 1.71. The van der Waals surface area contributed by atoms with E-state index in [9.17, 15) is 9.59 Å². The SMILES string of the molecule is Cc1cc(C(=O)NC(=O)N2CCCCC2C)on1. The molecule has 3 amide bonds. The summed E-state index contributed by atoms with van der Waals surface area (Å²) in [5, 5.41) is 5.94. The maximum Gasteiger partial charge on any atom is 0.324 e. The molecule has 6 nitrogen and oxygen atoms in total. The van der Waals surface area contributed by atoms with E-state index >= 15 is 0 Å². The Morgan fingerprint density at radius 3 is 2.89 bits per heavy atom. The van der Waals surface area contributed by atoms with E-state index in [1.807, 2.05) is 6.92 Å². The van der Waals surface area contributed by atoms with Crippen molar-refractivity contribution in [3.05, 3.63) is 17.5 Å². The molecular formula is C12H17N3O3. The molecule has 0 spiro atoms. The fourth-order valence-corrected chi connectivity index (χ4v) is 2.10. The Labute approximate surface area is 105 Å². The van der Waals surface area contributed by atoms with Crippen molar-refractivity contribution in [3.8, 4) is 0 Å². The molecule has 1 N–H and O–H groups in total. The summed E-state index contributed by atoms with van der Waals surface area (Å²) in [7, 11) is 0. The molecule has 6 heteroatoms. The number of hydrogen-bond donors (Lipinski definition) is 1. The third-order valence-corrected chi connectivity index (χ3v) is 3.14. The fraction of sp³-hybridized carbons (Fsp3) is 0.583. The van der Waals surface area contributed by atoms with E-state index in [2.05, 4.69) is 10.5 Å². The number of amides is 3. The number of rotatable bonds is 1. The number of nitrogens with one attached hydrogen (secondary N) is 1. The average Bonchev–Trinajstić information content (AvgIpc) is 2.76. The second kappa shape index (κ2) is 5.20. The lowest BCUT2D eigenvalue weighted by molar-refractivity contribution is 0.0902. The van der Waals surface area contributed by atoms with Gasteiger partial charge in [-0.3, -0.25) is 10.1 Å². The van der Waals surface area contributed by atoms with Crippen molar-refractivity contribution in [2.24, 2.45) is 0 Å². The Hall–Kier alpha value is -1.85. The van der Waals surface area contributed by atoms with Gasteiger partial charge in [0.2, 0.25) is 5.76 Å². The number of imide groups is 1. The quantitative estimate of drug-likeness (QED) is 0.824. The number of piperidine rings is 1. The maximum atomic E-state index is 11.9. The van der Waals surface area contributed by atoms with Gasteiger partial charge >= 0.3 is 6.03 Å². The summed E-state index contributed by atoms with van der Waals surface area (Å²) in [5.74, 6) is -0.483. The summed E-state index contributed by atoms with van der Waals surface area (Å²) in [5.41, 5.74) is 0.610. The van der Waals surface area contributed by atoms with E-state index < -0.39 is 5.91 Å². The van der Waals surface area contributed by atoms with Crippen LogP contribution in [-0.4, -0.2) is 34.6 Å². The van der Waals surface area contributed by atoms with Crippen molar-refractivity contribution in [1.29, 1.82) is 0 Å². The molecule has 1 saturated heterocycles. The number of aryl methyl sites for hydroxylation is 1. The van der Waals surface area contributed by atoms with Gasteiger partial charge in [0, 0.05) is 18.7 Å². The summed E-state index contributed by atoms with van der Waals surface area (Å²) in [4.78, 5) is 25.3. The first-order chi connectivity index (χ1) is 8.58. The van der Waals surface area contributed by atoms with Gasteiger partial charge in [-0.2, -0.15) is 0 Å². The van der Waals surface area contributed by atoms with Gasteiger partial charge in [0.05, 0.1) is 5.69 Å². The van der Waals surface area contributed by atoms with Crippen LogP contribution in [-0.2, 0) is 0 Å². The molecule has 0 saturated carbocycles. The van der Waals surface area contributed by atoms with Crippen LogP contribution in [0.3, 0.4) is 0 Å². The first-order valence-corrected chi connectivity index (χ1v) is 6.13. The van der Waals surface area contributed by atoms with Crippen LogP contribution in [0.15, 0.2) is 10.6 Å². The zero-order valence-corrected chi connectivity index (χ0v) is 10.6. The monoisotopic (exact) mass is 251 g/mol. The van der Waals surface area contributed by atoms with Crippen molar-refractivity contribution in [1.82, 2.24) is 15.4 Å². The first kappa shape index (κ1) is 12.6. The van der Waals surface area contributed by atoms with Crippen LogP contribution < -0.4 is 5.32 Å². The summed E-state index contributed by atoms with van der Waals surface area (Å²) in [6.07, 6.45) is 3.08. The topological polar surface area (TPSA) is 75.4 Å². The highest BCUT2D eigenvalue weighted by molar-refractivity contribution is 6.02. The van der Waals surface area contributed by atoms with Gasteiger partial charge in [-0.15, -0.1) is 0 Å². The summed E-state index contributed by atoms with van der Waals surface area (Å²) in [6, 6.07) is 1.31. The molecule has 2 heterocycles. The van der Waals surface area contributed by atoms with Gasteiger partial charge in [0.1, 0.15) is 0 Å². The molecular weight excluding hydrogens is 234 g/mol. The Morgan fingerprint density at radius 2 is 2.28 bits per heavy atom. The molecule has 98 valence electrons. The van der Waals surface area contributed by atoms with Crippen LogP contribution in [0.2, 0.25) is 0 Å². The fourth-order valence-electron chi connectivity index (χ4n) is 2.10. The van der Waals surface area contributed by atoms with Crippen LogP contribution in [0.1, 0.15) is 42.4 Å². The zero-order valence-electron chi connectivity index (χ0n) is 10.6. The third-order valence-electron chi connectivity index (χ3n) is 3.14. The van der Waals surface area contributed by atoms with Gasteiger partial charge in [-0.05, 0) is 33.1 Å². The van der Waals surface area contributed by atoms with E-state index in [1.54, 1.807) is 11.8 Å². The molecule has 1 aromatic rings. The van der Waals surface area contributed by atoms with Crippen LogP contribution in [0.4, 0.5) is 4.79 Å². The number of aromatic nitrogens is 1. The molecule has 0 aliphatic carbocycles. The third kappa shape index (κ3) is 2.69. The minimum absolute atomic E-state index is 0.0607. The first-order valence-electron chi connectivity index (χ1n) is 6.13. The van der Waals surface area contributed by atoms with Crippen molar-refractivity contribution >= 4 is 11.9 Å². The molecule has 0 aromatic carbocycles. The van der Waals surface area contributed by atoms with Gasteiger partial charge < -0.3 is 9.42 Å². The highest BCUT2D eigenvalue weighted by atomic mass is 16.5. The Morgan fingerprint density at radius 1 is 1.50 bits per heavy atom. The number of hydrogen-bond acceptors (Lipinski definition) is 4. The Bertz CT molecular complexity index is 455. The molecule has 1 aliphatic heterocycles. The van der Waals surface area contributed by atoms with E-state index in [0.717, 1.165) is 19.3 Å². The number of carbonyl (C=O) groups excluding carboxylic acids is 2. The molecule has 1 fully saturated rings. The molecule has 18 heavy (non-hydrogen) atoms. The van der Waals surface area contributed by atoms with Crippen LogP contribution in [0.5, 0.6) is 0 Å². The molecule has 0 radical (unpaired) electrons. The second-order valence-electron chi connectivity index (χ2n) is 4.63. The predicted molar refractivity (Wildman–Crippen MR) is 64.1 cm³/mol. The average molecular weight is 251 g/mol. The van der Waals surface area contributed by atoms with Crippen LogP contribution in [0.25, 0.3) is 0 Å². The van der Waals surface area contributed by atoms with Gasteiger partial charge in [0.25, 0.3) is 5.91 Å². The van der Waals surface area contributed by atoms with Crippen LogP contribution in [0, 0.1) is 6.92 Å². The normalized spacial score (nSPS) is 19.7. The van der Waals surface area contributed by atoms with Crippen molar-refractivity contribution in [3.63, 3.8) is 0 Å². The minimum Gasteiger partial charge on any atom is -0.351 e. The number of likely N-dealkylation sites (tertiary alicyclic amines) is 1. The van der Waals surface area contributed by atoms with Crippen molar-refractivity contribution in [2.75, 3.05) is 6.54 Å². The lowest BCUT2D eigenvalue weighted by Gasteiger charge is -2.32. The maximum absolute atomic E-state index is 11.9. The molecule has 1 aliphatic rings. The molecule has 1 atom stereocenters. The summed E-state index contributed by atoms with van der Waals surface area (Å²) >= 11 is 0. The largest absolute Gasteiger partial charge is 0.351 e. The smallest absolute Gasteiger partial charge is 0.324 e.